The molecule has 1 aromatic carbocycles. The van der Waals surface area contributed by atoms with Crippen LogP contribution in [0.15, 0.2) is 24.3 Å². The van der Waals surface area contributed by atoms with Gasteiger partial charge in [0.05, 0.1) is 0 Å². The second kappa shape index (κ2) is 6.20. The number of halogens is 6. The molecule has 108 valence electrons. The van der Waals surface area contributed by atoms with E-state index in [4.69, 9.17) is 0 Å². The van der Waals surface area contributed by atoms with Gasteiger partial charge >= 0.3 is 12.1 Å². The molecule has 0 amide bonds. The van der Waals surface area contributed by atoms with Crippen molar-refractivity contribution < 1.29 is 22.0 Å². The molecule has 6 heteroatoms. The molecule has 0 aliphatic rings. The molecular formula is C13H14BrF5. The Morgan fingerprint density at radius 1 is 1.05 bits per heavy atom. The molecule has 0 bridgehead atoms. The maximum atomic E-state index is 13.1. The van der Waals surface area contributed by atoms with Crippen LogP contribution in [0.4, 0.5) is 22.0 Å². The summed E-state index contributed by atoms with van der Waals surface area (Å²) < 4.78 is 63.0. The fourth-order valence-corrected chi connectivity index (χ4v) is 2.15. The van der Waals surface area contributed by atoms with Gasteiger partial charge in [-0.05, 0) is 24.0 Å². The van der Waals surface area contributed by atoms with Gasteiger partial charge in [-0.15, -0.1) is 0 Å². The van der Waals surface area contributed by atoms with E-state index in [1.54, 1.807) is 12.1 Å². The van der Waals surface area contributed by atoms with E-state index in [-0.39, 0.29) is 5.56 Å². The minimum atomic E-state index is -5.57. The summed E-state index contributed by atoms with van der Waals surface area (Å²) in [6.07, 6.45) is -2.83. The molecule has 1 aromatic rings. The second-order valence-electron chi connectivity index (χ2n) is 4.33. The van der Waals surface area contributed by atoms with E-state index in [1.165, 1.54) is 12.1 Å². The number of aryl methyl sites for hydroxylation is 1. The third kappa shape index (κ3) is 3.91. The van der Waals surface area contributed by atoms with E-state index in [0.717, 1.165) is 24.8 Å². The second-order valence-corrected chi connectivity index (χ2v) is 5.24. The van der Waals surface area contributed by atoms with Crippen molar-refractivity contribution >= 4 is 15.9 Å². The Balaban J connectivity index is 2.86. The number of unbranched alkanes of at least 4 members (excludes halogenated alkanes) is 1. The Kier molecular flexibility index (Phi) is 5.35. The van der Waals surface area contributed by atoms with Gasteiger partial charge in [0.1, 0.15) is 4.83 Å². The molecule has 1 rings (SSSR count). The van der Waals surface area contributed by atoms with Crippen molar-refractivity contribution in [1.82, 2.24) is 0 Å². The predicted molar refractivity (Wildman–Crippen MR) is 67.7 cm³/mol. The van der Waals surface area contributed by atoms with E-state index in [0.29, 0.717) is 0 Å². The van der Waals surface area contributed by atoms with Crippen molar-refractivity contribution in [3.8, 4) is 0 Å². The first-order valence-corrected chi connectivity index (χ1v) is 6.79. The zero-order chi connectivity index (χ0) is 14.7. The molecule has 0 fully saturated rings. The molecule has 0 aliphatic carbocycles. The lowest BCUT2D eigenvalue weighted by molar-refractivity contribution is -0.281. The number of hydrogen-bond acceptors (Lipinski definition) is 0. The van der Waals surface area contributed by atoms with Gasteiger partial charge in [-0.3, -0.25) is 0 Å². The largest absolute Gasteiger partial charge is 0.454 e. The molecule has 0 heterocycles. The molecule has 0 nitrogen and oxygen atoms in total. The highest BCUT2D eigenvalue weighted by atomic mass is 79.9. The Hall–Kier alpha value is -0.650. The summed E-state index contributed by atoms with van der Waals surface area (Å²) in [5.74, 6) is -4.79. The van der Waals surface area contributed by atoms with Crippen LogP contribution in [0.5, 0.6) is 0 Å². The third-order valence-electron chi connectivity index (χ3n) is 2.79. The fraction of sp³-hybridized carbons (Fsp3) is 0.538. The lowest BCUT2D eigenvalue weighted by atomic mass is 10.0. The summed E-state index contributed by atoms with van der Waals surface area (Å²) in [6.45, 7) is 2.02. The topological polar surface area (TPSA) is 0 Å². The van der Waals surface area contributed by atoms with Crippen molar-refractivity contribution in [2.24, 2.45) is 0 Å². The van der Waals surface area contributed by atoms with Crippen molar-refractivity contribution in [3.63, 3.8) is 0 Å². The molecule has 0 spiro atoms. The molecule has 19 heavy (non-hydrogen) atoms. The Morgan fingerprint density at radius 2 is 1.58 bits per heavy atom. The fourth-order valence-electron chi connectivity index (χ4n) is 1.59. The number of hydrogen-bond donors (Lipinski definition) is 0. The first-order valence-electron chi connectivity index (χ1n) is 5.87. The summed E-state index contributed by atoms with van der Waals surface area (Å²) in [5.41, 5.74) is 0.850. The van der Waals surface area contributed by atoms with Gasteiger partial charge in [0.15, 0.2) is 0 Å². The molecule has 0 aliphatic heterocycles. The zero-order valence-electron chi connectivity index (χ0n) is 10.3. The Labute approximate surface area is 117 Å². The van der Waals surface area contributed by atoms with Gasteiger partial charge in [-0.25, -0.2) is 0 Å². The van der Waals surface area contributed by atoms with Crippen molar-refractivity contribution in [3.05, 3.63) is 35.4 Å². The smallest absolute Gasteiger partial charge is 0.195 e. The van der Waals surface area contributed by atoms with Gasteiger partial charge in [0, 0.05) is 0 Å². The monoisotopic (exact) mass is 344 g/mol. The van der Waals surface area contributed by atoms with E-state index in [1.807, 2.05) is 6.92 Å². The van der Waals surface area contributed by atoms with Crippen LogP contribution >= 0.6 is 15.9 Å². The Morgan fingerprint density at radius 3 is 2.00 bits per heavy atom. The number of alkyl halides is 6. The van der Waals surface area contributed by atoms with Crippen LogP contribution in [0.1, 0.15) is 35.7 Å². The molecule has 1 atom stereocenters. The van der Waals surface area contributed by atoms with E-state index >= 15 is 0 Å². The van der Waals surface area contributed by atoms with E-state index in [2.05, 4.69) is 15.9 Å². The minimum Gasteiger partial charge on any atom is -0.195 e. The van der Waals surface area contributed by atoms with Crippen LogP contribution in [-0.2, 0) is 6.42 Å². The quantitative estimate of drug-likeness (QED) is 0.477. The summed E-state index contributed by atoms with van der Waals surface area (Å²) in [7, 11) is 0. The predicted octanol–water partition coefficient (Wildman–Crippen LogP) is 5.66. The van der Waals surface area contributed by atoms with E-state index in [9.17, 15) is 22.0 Å². The summed E-state index contributed by atoms with van der Waals surface area (Å²) in [4.78, 5) is -2.07. The first kappa shape index (κ1) is 16.4. The molecule has 0 N–H and O–H groups in total. The van der Waals surface area contributed by atoms with Crippen molar-refractivity contribution in [2.45, 2.75) is 43.1 Å². The van der Waals surface area contributed by atoms with Gasteiger partial charge in [0.25, 0.3) is 0 Å². The molecule has 0 saturated carbocycles. The number of rotatable bonds is 5. The highest BCUT2D eigenvalue weighted by Gasteiger charge is 2.62. The van der Waals surface area contributed by atoms with Crippen molar-refractivity contribution in [2.75, 3.05) is 0 Å². The molecule has 0 radical (unpaired) electrons. The van der Waals surface area contributed by atoms with Crippen LogP contribution in [0.2, 0.25) is 0 Å². The lowest BCUT2D eigenvalue weighted by Crippen LogP contribution is -2.39. The summed E-state index contributed by atoms with van der Waals surface area (Å²) in [6, 6.07) is 5.80. The van der Waals surface area contributed by atoms with Gasteiger partial charge in [0.2, 0.25) is 0 Å². The Bertz CT molecular complexity index is 396. The maximum Gasteiger partial charge on any atom is 0.454 e. The van der Waals surface area contributed by atoms with Crippen LogP contribution in [0.3, 0.4) is 0 Å². The first-order chi connectivity index (χ1) is 8.70. The van der Waals surface area contributed by atoms with Gasteiger partial charge < -0.3 is 0 Å². The highest BCUT2D eigenvalue weighted by Crippen LogP contribution is 2.48. The maximum absolute atomic E-state index is 13.1. The SMILES string of the molecule is CCCCc1ccc(C(Br)C(F)(F)C(F)(F)F)cc1. The highest BCUT2D eigenvalue weighted by molar-refractivity contribution is 9.09. The molecule has 0 saturated heterocycles. The minimum absolute atomic E-state index is 0.0810. The molecular weight excluding hydrogens is 331 g/mol. The average molecular weight is 345 g/mol. The van der Waals surface area contributed by atoms with Crippen LogP contribution in [0, 0.1) is 0 Å². The van der Waals surface area contributed by atoms with Crippen LogP contribution in [-0.4, -0.2) is 12.1 Å². The lowest BCUT2D eigenvalue weighted by Gasteiger charge is -2.24. The average Bonchev–Trinajstić information content (AvgIpc) is 2.34. The van der Waals surface area contributed by atoms with Crippen molar-refractivity contribution in [1.29, 1.82) is 0 Å². The van der Waals surface area contributed by atoms with E-state index < -0.39 is 16.9 Å². The summed E-state index contributed by atoms with van der Waals surface area (Å²) >= 11 is 2.45. The third-order valence-corrected chi connectivity index (χ3v) is 3.89. The van der Waals surface area contributed by atoms with Gasteiger partial charge in [-0.2, -0.15) is 22.0 Å². The van der Waals surface area contributed by atoms with Crippen LogP contribution < -0.4 is 0 Å². The summed E-state index contributed by atoms with van der Waals surface area (Å²) in [5, 5.41) is 0. The normalized spacial score (nSPS) is 14.5. The zero-order valence-corrected chi connectivity index (χ0v) is 11.9. The molecule has 0 aromatic heterocycles. The van der Waals surface area contributed by atoms with Gasteiger partial charge in [-0.1, -0.05) is 53.5 Å². The molecule has 1 unspecified atom stereocenters. The standard InChI is InChI=1S/C13H14BrF5/c1-2-3-4-9-5-7-10(8-6-9)11(14)12(15,16)13(17,18)19/h5-8,11H,2-4H2,1H3. The van der Waals surface area contributed by atoms with Crippen LogP contribution in [0.25, 0.3) is 0 Å². The number of benzene rings is 1.